The van der Waals surface area contributed by atoms with Crippen LogP contribution < -0.4 is 16.5 Å². The molecule has 20 heavy (non-hydrogen) atoms. The highest BCUT2D eigenvalue weighted by molar-refractivity contribution is 9.10. The normalized spacial score (nSPS) is 13.4. The van der Waals surface area contributed by atoms with Crippen LogP contribution >= 0.6 is 15.9 Å². The molecule has 0 aliphatic carbocycles. The third-order valence-corrected chi connectivity index (χ3v) is 3.71. The van der Waals surface area contributed by atoms with E-state index in [4.69, 9.17) is 4.42 Å². The number of rotatable bonds is 3. The molecule has 2 rings (SSSR count). The van der Waals surface area contributed by atoms with Gasteiger partial charge in [-0.3, -0.25) is 4.57 Å². The van der Waals surface area contributed by atoms with Gasteiger partial charge in [-0.15, -0.1) is 0 Å². The molecule has 1 heterocycles. The van der Waals surface area contributed by atoms with Gasteiger partial charge >= 0.3 is 5.76 Å². The zero-order valence-corrected chi connectivity index (χ0v) is 12.5. The molecule has 1 unspecified atom stereocenters. The van der Waals surface area contributed by atoms with E-state index in [-0.39, 0.29) is 16.8 Å². The Morgan fingerprint density at radius 3 is 2.75 bits per heavy atom. The van der Waals surface area contributed by atoms with Crippen molar-refractivity contribution in [1.29, 1.82) is 0 Å². The van der Waals surface area contributed by atoms with Crippen molar-refractivity contribution < 1.29 is 8.81 Å². The summed E-state index contributed by atoms with van der Waals surface area (Å²) in [4.78, 5) is 11.9. The maximum atomic E-state index is 13.1. The Kier molecular flexibility index (Phi) is 4.09. The first-order chi connectivity index (χ1) is 9.41. The molecule has 0 spiro atoms. The van der Waals surface area contributed by atoms with Gasteiger partial charge in [0.2, 0.25) is 0 Å². The second-order valence-corrected chi connectivity index (χ2v) is 5.19. The van der Waals surface area contributed by atoms with E-state index in [1.165, 1.54) is 4.57 Å². The molecule has 2 aromatic rings. The van der Waals surface area contributed by atoms with Crippen molar-refractivity contribution in [3.05, 3.63) is 68.0 Å². The van der Waals surface area contributed by atoms with Crippen LogP contribution in [0.4, 0.5) is 4.39 Å². The van der Waals surface area contributed by atoms with Crippen LogP contribution in [0.25, 0.3) is 12.7 Å². The molecule has 3 nitrogen and oxygen atoms in total. The summed E-state index contributed by atoms with van der Waals surface area (Å²) >= 11 is 3.44. The van der Waals surface area contributed by atoms with Gasteiger partial charge in [0.15, 0.2) is 0 Å². The van der Waals surface area contributed by atoms with E-state index >= 15 is 0 Å². The Labute approximate surface area is 123 Å². The van der Waals surface area contributed by atoms with Crippen molar-refractivity contribution in [3.8, 4) is 0 Å². The van der Waals surface area contributed by atoms with Gasteiger partial charge in [0.05, 0.1) is 11.4 Å². The van der Waals surface area contributed by atoms with Gasteiger partial charge < -0.3 is 4.42 Å². The lowest BCUT2D eigenvalue weighted by Crippen LogP contribution is -2.34. The van der Waals surface area contributed by atoms with Gasteiger partial charge in [0.25, 0.3) is 0 Å². The predicted octanol–water partition coefficient (Wildman–Crippen LogP) is 2.49. The molecule has 104 valence electrons. The maximum absolute atomic E-state index is 13.1. The van der Waals surface area contributed by atoms with Crippen LogP contribution in [0.2, 0.25) is 0 Å². The van der Waals surface area contributed by atoms with E-state index in [9.17, 15) is 9.18 Å². The highest BCUT2D eigenvalue weighted by atomic mass is 79.9. The van der Waals surface area contributed by atoms with Crippen LogP contribution in [0.1, 0.15) is 18.5 Å². The number of halogens is 2. The summed E-state index contributed by atoms with van der Waals surface area (Å²) in [7, 11) is 0. The second-order valence-electron chi connectivity index (χ2n) is 4.34. The van der Waals surface area contributed by atoms with E-state index in [2.05, 4.69) is 29.1 Å². The van der Waals surface area contributed by atoms with E-state index in [0.717, 1.165) is 16.1 Å². The SMILES string of the molecule is C=C(F)C=c1c(=C)oc(=O)n1C(C)c1ccccc1Br. The average Bonchev–Trinajstić information content (AvgIpc) is 2.63. The summed E-state index contributed by atoms with van der Waals surface area (Å²) in [5.74, 6) is -1.24. The van der Waals surface area contributed by atoms with E-state index < -0.39 is 11.6 Å². The van der Waals surface area contributed by atoms with Crippen molar-refractivity contribution in [2.75, 3.05) is 0 Å². The van der Waals surface area contributed by atoms with E-state index in [0.29, 0.717) is 0 Å². The molecule has 0 fully saturated rings. The zero-order chi connectivity index (χ0) is 14.9. The molecule has 0 radical (unpaired) electrons. The predicted molar refractivity (Wildman–Crippen MR) is 80.4 cm³/mol. The topological polar surface area (TPSA) is 35.1 Å². The van der Waals surface area contributed by atoms with E-state index in [1.54, 1.807) is 0 Å². The number of aromatic nitrogens is 1. The summed E-state index contributed by atoms with van der Waals surface area (Å²) in [6.07, 6.45) is 1.14. The molecule has 0 saturated carbocycles. The summed E-state index contributed by atoms with van der Waals surface area (Å²) < 4.78 is 20.2. The van der Waals surface area contributed by atoms with Crippen LogP contribution in [0.5, 0.6) is 0 Å². The van der Waals surface area contributed by atoms with Crippen LogP contribution in [-0.2, 0) is 0 Å². The highest BCUT2D eigenvalue weighted by Gasteiger charge is 2.16. The maximum Gasteiger partial charge on any atom is 0.420 e. The third-order valence-electron chi connectivity index (χ3n) is 2.99. The molecular weight excluding hydrogens is 325 g/mol. The van der Waals surface area contributed by atoms with Crippen molar-refractivity contribution >= 4 is 28.6 Å². The van der Waals surface area contributed by atoms with Crippen LogP contribution in [-0.4, -0.2) is 4.57 Å². The Morgan fingerprint density at radius 1 is 1.50 bits per heavy atom. The molecule has 0 aliphatic heterocycles. The Morgan fingerprint density at radius 2 is 2.15 bits per heavy atom. The monoisotopic (exact) mass is 337 g/mol. The summed E-state index contributed by atoms with van der Waals surface area (Å²) in [5, 5.41) is 0.283. The molecule has 0 bridgehead atoms. The fourth-order valence-electron chi connectivity index (χ4n) is 2.06. The molecule has 1 aromatic heterocycles. The second kappa shape index (κ2) is 5.63. The molecule has 5 heteroatoms. The lowest BCUT2D eigenvalue weighted by atomic mass is 10.1. The van der Waals surface area contributed by atoms with Gasteiger partial charge in [-0.1, -0.05) is 47.3 Å². The Balaban J connectivity index is 2.71. The number of benzene rings is 1. The van der Waals surface area contributed by atoms with Gasteiger partial charge in [0.1, 0.15) is 11.2 Å². The number of nitrogens with zero attached hydrogens (tertiary/aromatic N) is 1. The van der Waals surface area contributed by atoms with Crippen LogP contribution in [0, 0.1) is 0 Å². The number of oxazole rings is 1. The minimum absolute atomic E-state index is 0.118. The largest absolute Gasteiger partial charge is 0.420 e. The fourth-order valence-corrected chi connectivity index (χ4v) is 2.67. The number of allylic oxidation sites excluding steroid dienone is 1. The van der Waals surface area contributed by atoms with Crippen molar-refractivity contribution in [3.63, 3.8) is 0 Å². The van der Waals surface area contributed by atoms with E-state index in [1.807, 2.05) is 31.2 Å². The lowest BCUT2D eigenvalue weighted by Gasteiger charge is -2.14. The quantitative estimate of drug-likeness (QED) is 0.862. The summed E-state index contributed by atoms with van der Waals surface area (Å²) in [5.41, 5.74) is 1.00. The third kappa shape index (κ3) is 2.67. The number of hydrogen-bond acceptors (Lipinski definition) is 2. The molecule has 0 saturated heterocycles. The van der Waals surface area contributed by atoms with Crippen LogP contribution in [0.15, 0.2) is 50.4 Å². The first-order valence-corrected chi connectivity index (χ1v) is 6.72. The van der Waals surface area contributed by atoms with Crippen molar-refractivity contribution in [2.45, 2.75) is 13.0 Å². The molecular formula is C15H13BrFNO2. The highest BCUT2D eigenvalue weighted by Crippen LogP contribution is 2.24. The van der Waals surface area contributed by atoms with Gasteiger partial charge in [-0.25, -0.2) is 9.18 Å². The minimum Gasteiger partial charge on any atom is -0.408 e. The fraction of sp³-hybridized carbons (Fsp3) is 0.133. The lowest BCUT2D eigenvalue weighted by molar-refractivity contribution is 0.448. The smallest absolute Gasteiger partial charge is 0.408 e. The molecule has 1 atom stereocenters. The molecule has 0 aliphatic rings. The molecule has 1 aromatic carbocycles. The molecule has 0 amide bonds. The van der Waals surface area contributed by atoms with Gasteiger partial charge in [-0.05, 0) is 18.6 Å². The first-order valence-electron chi connectivity index (χ1n) is 5.92. The molecule has 0 N–H and O–H groups in total. The Hall–Kier alpha value is -1.88. The van der Waals surface area contributed by atoms with Crippen LogP contribution in [0.3, 0.4) is 0 Å². The summed E-state index contributed by atoms with van der Waals surface area (Å²) in [6.45, 7) is 8.62. The van der Waals surface area contributed by atoms with Crippen molar-refractivity contribution in [1.82, 2.24) is 4.57 Å². The minimum atomic E-state index is -0.663. The first kappa shape index (κ1) is 14.5. The zero-order valence-electron chi connectivity index (χ0n) is 10.9. The van der Waals surface area contributed by atoms with Gasteiger partial charge in [-0.2, -0.15) is 0 Å². The van der Waals surface area contributed by atoms with Crippen molar-refractivity contribution in [2.24, 2.45) is 0 Å². The standard InChI is InChI=1S/C15H13BrFNO2/c1-9(17)8-14-11(3)20-15(19)18(14)10(2)12-6-4-5-7-13(12)16/h4-8,10H,1,3H2,2H3. The van der Waals surface area contributed by atoms with Gasteiger partial charge in [0, 0.05) is 10.5 Å². The Bertz CT molecular complexity index is 819. The number of hydrogen-bond donors (Lipinski definition) is 0. The average molecular weight is 338 g/mol. The summed E-state index contributed by atoms with van der Waals surface area (Å²) in [6, 6.07) is 7.17.